The first-order valence-electron chi connectivity index (χ1n) is 5.75. The fourth-order valence-corrected chi connectivity index (χ4v) is 3.07. The Morgan fingerprint density at radius 1 is 1.31 bits per heavy atom. The molecule has 1 aliphatic carbocycles. The fourth-order valence-electron chi connectivity index (χ4n) is 3.07. The molecule has 0 radical (unpaired) electrons. The van der Waals surface area contributed by atoms with Gasteiger partial charge in [-0.1, -0.05) is 20.8 Å². The van der Waals surface area contributed by atoms with Crippen LogP contribution >= 0.6 is 0 Å². The number of hydrogen-bond donors (Lipinski definition) is 1. The second-order valence-electron chi connectivity index (χ2n) is 6.25. The van der Waals surface area contributed by atoms with E-state index in [9.17, 15) is 0 Å². The van der Waals surface area contributed by atoms with Crippen LogP contribution in [0.15, 0.2) is 0 Å². The van der Waals surface area contributed by atoms with E-state index in [2.05, 4.69) is 26.1 Å². The van der Waals surface area contributed by atoms with E-state index < -0.39 is 0 Å². The normalized spacial score (nSPS) is 32.1. The molecule has 1 atom stereocenters. The Kier molecular flexibility index (Phi) is 2.18. The van der Waals surface area contributed by atoms with Gasteiger partial charge >= 0.3 is 0 Å². The van der Waals surface area contributed by atoms with E-state index in [0.717, 1.165) is 6.04 Å². The van der Waals surface area contributed by atoms with Gasteiger partial charge in [0.15, 0.2) is 0 Å². The molecule has 0 aromatic carbocycles. The SMILES string of the molecule is CC(C)(C)CC1(C2CCCN2)CC1. The first kappa shape index (κ1) is 9.51. The van der Waals surface area contributed by atoms with Gasteiger partial charge in [0.1, 0.15) is 0 Å². The van der Waals surface area contributed by atoms with Gasteiger partial charge in [-0.05, 0) is 49.5 Å². The van der Waals surface area contributed by atoms with Crippen molar-refractivity contribution in [3.8, 4) is 0 Å². The van der Waals surface area contributed by atoms with Crippen molar-refractivity contribution in [1.82, 2.24) is 5.32 Å². The summed E-state index contributed by atoms with van der Waals surface area (Å²) in [6, 6.07) is 0.853. The standard InChI is InChI=1S/C12H23N/c1-11(2,3)9-12(6-7-12)10-5-4-8-13-10/h10,13H,4-9H2,1-3H3. The molecule has 0 aromatic rings. The zero-order chi connectivity index (χ0) is 9.53. The van der Waals surface area contributed by atoms with E-state index in [1.807, 2.05) is 0 Å². The zero-order valence-electron chi connectivity index (χ0n) is 9.32. The van der Waals surface area contributed by atoms with Crippen LogP contribution in [0.4, 0.5) is 0 Å². The Balaban J connectivity index is 1.96. The van der Waals surface area contributed by atoms with Crippen molar-refractivity contribution in [2.75, 3.05) is 6.54 Å². The van der Waals surface area contributed by atoms with Gasteiger partial charge in [-0.15, -0.1) is 0 Å². The third kappa shape index (κ3) is 2.07. The second-order valence-corrected chi connectivity index (χ2v) is 6.25. The van der Waals surface area contributed by atoms with Crippen molar-refractivity contribution in [2.45, 2.75) is 58.9 Å². The quantitative estimate of drug-likeness (QED) is 0.690. The maximum Gasteiger partial charge on any atom is 0.0124 e. The van der Waals surface area contributed by atoms with Crippen LogP contribution in [0.1, 0.15) is 52.9 Å². The molecule has 2 fully saturated rings. The highest BCUT2D eigenvalue weighted by molar-refractivity contribution is 5.05. The molecule has 0 amide bonds. The fraction of sp³-hybridized carbons (Fsp3) is 1.00. The molecule has 1 unspecified atom stereocenters. The van der Waals surface area contributed by atoms with Crippen LogP contribution in [-0.4, -0.2) is 12.6 Å². The van der Waals surface area contributed by atoms with Gasteiger partial charge in [-0.3, -0.25) is 0 Å². The average molecular weight is 181 g/mol. The first-order chi connectivity index (χ1) is 6.02. The molecule has 1 saturated heterocycles. The molecule has 76 valence electrons. The van der Waals surface area contributed by atoms with Crippen LogP contribution in [0.5, 0.6) is 0 Å². The predicted molar refractivity (Wildman–Crippen MR) is 56.8 cm³/mol. The minimum Gasteiger partial charge on any atom is -0.313 e. The smallest absolute Gasteiger partial charge is 0.0124 e. The lowest BCUT2D eigenvalue weighted by Crippen LogP contribution is -2.34. The summed E-state index contributed by atoms with van der Waals surface area (Å²) in [5.41, 5.74) is 1.22. The summed E-state index contributed by atoms with van der Waals surface area (Å²) in [5.74, 6) is 0. The average Bonchev–Trinajstić information content (AvgIpc) is 2.60. The van der Waals surface area contributed by atoms with Gasteiger partial charge < -0.3 is 5.32 Å². The zero-order valence-corrected chi connectivity index (χ0v) is 9.32. The molecule has 1 heterocycles. The number of nitrogens with one attached hydrogen (secondary N) is 1. The first-order valence-corrected chi connectivity index (χ1v) is 5.75. The van der Waals surface area contributed by atoms with Gasteiger partial charge in [0.25, 0.3) is 0 Å². The van der Waals surface area contributed by atoms with Crippen molar-refractivity contribution in [1.29, 1.82) is 0 Å². The van der Waals surface area contributed by atoms with E-state index in [1.54, 1.807) is 0 Å². The summed E-state index contributed by atoms with van der Waals surface area (Å²) < 4.78 is 0. The molecule has 1 aliphatic heterocycles. The Morgan fingerprint density at radius 3 is 2.38 bits per heavy atom. The lowest BCUT2D eigenvalue weighted by molar-refractivity contribution is 0.230. The Hall–Kier alpha value is -0.0400. The Bertz CT molecular complexity index is 180. The van der Waals surface area contributed by atoms with Crippen molar-refractivity contribution < 1.29 is 0 Å². The maximum absolute atomic E-state index is 3.68. The molecule has 1 heteroatoms. The van der Waals surface area contributed by atoms with E-state index in [4.69, 9.17) is 0 Å². The van der Waals surface area contributed by atoms with Crippen molar-refractivity contribution in [3.63, 3.8) is 0 Å². The molecule has 0 bridgehead atoms. The largest absolute Gasteiger partial charge is 0.313 e. The number of rotatable bonds is 2. The lowest BCUT2D eigenvalue weighted by Gasteiger charge is -2.30. The Morgan fingerprint density at radius 2 is 2.00 bits per heavy atom. The summed E-state index contributed by atoms with van der Waals surface area (Å²) in [5, 5.41) is 3.68. The van der Waals surface area contributed by atoms with Gasteiger partial charge in [0.05, 0.1) is 0 Å². The van der Waals surface area contributed by atoms with Crippen LogP contribution < -0.4 is 5.32 Å². The van der Waals surface area contributed by atoms with Crippen LogP contribution in [0.3, 0.4) is 0 Å². The number of hydrogen-bond acceptors (Lipinski definition) is 1. The van der Waals surface area contributed by atoms with Crippen LogP contribution in [0.2, 0.25) is 0 Å². The van der Waals surface area contributed by atoms with Gasteiger partial charge in [0.2, 0.25) is 0 Å². The molecule has 13 heavy (non-hydrogen) atoms. The summed E-state index contributed by atoms with van der Waals surface area (Å²) >= 11 is 0. The lowest BCUT2D eigenvalue weighted by atomic mass is 9.78. The molecular weight excluding hydrogens is 158 g/mol. The highest BCUT2D eigenvalue weighted by Gasteiger charge is 2.51. The molecular formula is C12H23N. The van der Waals surface area contributed by atoms with E-state index in [1.165, 1.54) is 38.6 Å². The van der Waals surface area contributed by atoms with Crippen LogP contribution in [0, 0.1) is 10.8 Å². The highest BCUT2D eigenvalue weighted by atomic mass is 15.0. The van der Waals surface area contributed by atoms with E-state index in [-0.39, 0.29) is 0 Å². The van der Waals surface area contributed by atoms with Gasteiger partial charge in [-0.2, -0.15) is 0 Å². The molecule has 2 aliphatic rings. The van der Waals surface area contributed by atoms with Gasteiger partial charge in [0, 0.05) is 6.04 Å². The minimum atomic E-state index is 0.515. The molecule has 0 spiro atoms. The van der Waals surface area contributed by atoms with Crippen LogP contribution in [0.25, 0.3) is 0 Å². The highest BCUT2D eigenvalue weighted by Crippen LogP contribution is 2.57. The maximum atomic E-state index is 3.68. The molecule has 1 nitrogen and oxygen atoms in total. The van der Waals surface area contributed by atoms with Gasteiger partial charge in [-0.25, -0.2) is 0 Å². The third-order valence-corrected chi connectivity index (χ3v) is 3.57. The summed E-state index contributed by atoms with van der Waals surface area (Å²) in [6.07, 6.45) is 7.19. The topological polar surface area (TPSA) is 12.0 Å². The third-order valence-electron chi connectivity index (χ3n) is 3.57. The molecule has 1 saturated carbocycles. The molecule has 2 rings (SSSR count). The second kappa shape index (κ2) is 2.98. The van der Waals surface area contributed by atoms with Crippen molar-refractivity contribution in [2.24, 2.45) is 10.8 Å². The van der Waals surface area contributed by atoms with Crippen molar-refractivity contribution in [3.05, 3.63) is 0 Å². The van der Waals surface area contributed by atoms with E-state index in [0.29, 0.717) is 10.8 Å². The van der Waals surface area contributed by atoms with E-state index >= 15 is 0 Å². The predicted octanol–water partition coefficient (Wildman–Crippen LogP) is 2.95. The summed E-state index contributed by atoms with van der Waals surface area (Å²) in [4.78, 5) is 0. The van der Waals surface area contributed by atoms with Crippen molar-refractivity contribution >= 4 is 0 Å². The summed E-state index contributed by atoms with van der Waals surface area (Å²) in [6.45, 7) is 8.39. The summed E-state index contributed by atoms with van der Waals surface area (Å²) in [7, 11) is 0. The Labute approximate surface area is 82.3 Å². The minimum absolute atomic E-state index is 0.515. The molecule has 0 aromatic heterocycles. The molecule has 1 N–H and O–H groups in total. The monoisotopic (exact) mass is 181 g/mol. The van der Waals surface area contributed by atoms with Crippen LogP contribution in [-0.2, 0) is 0 Å².